The standard InChI is InChI=1S/C13H20BrN3/c1-3-17-5-4-11(9-17)8-16-13-12(14)6-10(2)7-15-13/h6-7,11H,3-5,8-9H2,1-2H3,(H,15,16). The predicted molar refractivity (Wildman–Crippen MR) is 75.4 cm³/mol. The van der Waals surface area contributed by atoms with Crippen molar-refractivity contribution in [3.05, 3.63) is 22.3 Å². The normalized spacial score (nSPS) is 20.8. The van der Waals surface area contributed by atoms with E-state index in [4.69, 9.17) is 0 Å². The van der Waals surface area contributed by atoms with E-state index < -0.39 is 0 Å². The maximum atomic E-state index is 4.41. The fraction of sp³-hybridized carbons (Fsp3) is 0.615. The largest absolute Gasteiger partial charge is 0.369 e. The molecule has 0 spiro atoms. The Morgan fingerprint density at radius 3 is 3.06 bits per heavy atom. The summed E-state index contributed by atoms with van der Waals surface area (Å²) in [6, 6.07) is 2.10. The summed E-state index contributed by atoms with van der Waals surface area (Å²) in [5.74, 6) is 1.72. The van der Waals surface area contributed by atoms with Gasteiger partial charge < -0.3 is 10.2 Å². The van der Waals surface area contributed by atoms with Gasteiger partial charge in [-0.25, -0.2) is 4.98 Å². The lowest BCUT2D eigenvalue weighted by Gasteiger charge is -2.14. The number of aryl methyl sites for hydroxylation is 1. The van der Waals surface area contributed by atoms with Gasteiger partial charge in [-0.2, -0.15) is 0 Å². The second-order valence-electron chi connectivity index (χ2n) is 4.77. The van der Waals surface area contributed by atoms with Crippen LogP contribution in [0.2, 0.25) is 0 Å². The van der Waals surface area contributed by atoms with Gasteiger partial charge in [0.1, 0.15) is 5.82 Å². The second-order valence-corrected chi connectivity index (χ2v) is 5.63. The first kappa shape index (κ1) is 12.8. The third kappa shape index (κ3) is 3.42. The molecule has 1 unspecified atom stereocenters. The molecule has 0 aromatic carbocycles. The molecule has 1 aliphatic heterocycles. The molecule has 0 bridgehead atoms. The molecular formula is C13H20BrN3. The molecule has 1 aliphatic rings. The van der Waals surface area contributed by atoms with Crippen LogP contribution in [-0.2, 0) is 0 Å². The molecule has 1 aromatic heterocycles. The molecule has 17 heavy (non-hydrogen) atoms. The van der Waals surface area contributed by atoms with Crippen LogP contribution in [0, 0.1) is 12.8 Å². The van der Waals surface area contributed by atoms with Gasteiger partial charge in [-0.1, -0.05) is 6.92 Å². The van der Waals surface area contributed by atoms with Gasteiger partial charge in [-0.3, -0.25) is 0 Å². The van der Waals surface area contributed by atoms with E-state index in [1.807, 2.05) is 6.20 Å². The SMILES string of the molecule is CCN1CCC(CNc2ncc(C)cc2Br)C1. The minimum absolute atomic E-state index is 0.755. The quantitative estimate of drug-likeness (QED) is 0.926. The fourth-order valence-corrected chi connectivity index (χ4v) is 2.87. The van der Waals surface area contributed by atoms with E-state index in [9.17, 15) is 0 Å². The van der Waals surface area contributed by atoms with Crippen LogP contribution in [0.15, 0.2) is 16.7 Å². The van der Waals surface area contributed by atoms with Crippen molar-refractivity contribution in [2.75, 3.05) is 31.5 Å². The summed E-state index contributed by atoms with van der Waals surface area (Å²) in [7, 11) is 0. The molecule has 4 heteroatoms. The molecule has 94 valence electrons. The van der Waals surface area contributed by atoms with E-state index in [1.54, 1.807) is 0 Å². The number of likely N-dealkylation sites (tertiary alicyclic amines) is 1. The summed E-state index contributed by atoms with van der Waals surface area (Å²) in [5, 5.41) is 3.44. The highest BCUT2D eigenvalue weighted by atomic mass is 79.9. The summed E-state index contributed by atoms with van der Waals surface area (Å²) < 4.78 is 1.06. The van der Waals surface area contributed by atoms with Crippen LogP contribution in [0.1, 0.15) is 18.9 Å². The topological polar surface area (TPSA) is 28.2 Å². The van der Waals surface area contributed by atoms with Gasteiger partial charge in [0.15, 0.2) is 0 Å². The van der Waals surface area contributed by atoms with Gasteiger partial charge in [0.25, 0.3) is 0 Å². The first-order valence-corrected chi connectivity index (χ1v) is 7.06. The Balaban J connectivity index is 1.86. The van der Waals surface area contributed by atoms with Crippen molar-refractivity contribution in [1.29, 1.82) is 0 Å². The number of pyridine rings is 1. The zero-order valence-corrected chi connectivity index (χ0v) is 12.1. The van der Waals surface area contributed by atoms with Crippen molar-refractivity contribution in [3.8, 4) is 0 Å². The summed E-state index contributed by atoms with van der Waals surface area (Å²) in [6.45, 7) is 8.93. The monoisotopic (exact) mass is 297 g/mol. The number of rotatable bonds is 4. The average Bonchev–Trinajstić information content (AvgIpc) is 2.76. The molecule has 1 saturated heterocycles. The van der Waals surface area contributed by atoms with Crippen LogP contribution in [0.5, 0.6) is 0 Å². The third-order valence-corrected chi connectivity index (χ3v) is 3.96. The van der Waals surface area contributed by atoms with Gasteiger partial charge in [-0.15, -0.1) is 0 Å². The van der Waals surface area contributed by atoms with Crippen LogP contribution in [0.25, 0.3) is 0 Å². The number of hydrogen-bond donors (Lipinski definition) is 1. The van der Waals surface area contributed by atoms with Crippen LogP contribution in [0.3, 0.4) is 0 Å². The maximum Gasteiger partial charge on any atom is 0.140 e. The summed E-state index contributed by atoms with van der Waals surface area (Å²) in [5.41, 5.74) is 1.18. The van der Waals surface area contributed by atoms with Gasteiger partial charge in [0.05, 0.1) is 4.47 Å². The zero-order chi connectivity index (χ0) is 12.3. The molecule has 0 aliphatic carbocycles. The minimum Gasteiger partial charge on any atom is -0.369 e. The van der Waals surface area contributed by atoms with Gasteiger partial charge in [0, 0.05) is 19.3 Å². The molecule has 3 nitrogen and oxygen atoms in total. The zero-order valence-electron chi connectivity index (χ0n) is 10.5. The van der Waals surface area contributed by atoms with E-state index >= 15 is 0 Å². The minimum atomic E-state index is 0.755. The van der Waals surface area contributed by atoms with Gasteiger partial charge in [0.2, 0.25) is 0 Å². The molecule has 1 N–H and O–H groups in total. The third-order valence-electron chi connectivity index (χ3n) is 3.35. The van der Waals surface area contributed by atoms with Crippen molar-refractivity contribution in [2.45, 2.75) is 20.3 Å². The fourth-order valence-electron chi connectivity index (χ4n) is 2.27. The molecule has 1 aromatic rings. The lowest BCUT2D eigenvalue weighted by molar-refractivity contribution is 0.345. The summed E-state index contributed by atoms with van der Waals surface area (Å²) in [4.78, 5) is 6.91. The van der Waals surface area contributed by atoms with E-state index in [0.29, 0.717) is 0 Å². The number of halogens is 1. The molecule has 0 amide bonds. The van der Waals surface area contributed by atoms with E-state index in [-0.39, 0.29) is 0 Å². The van der Waals surface area contributed by atoms with Gasteiger partial charge in [-0.05, 0) is 59.9 Å². The van der Waals surface area contributed by atoms with E-state index in [0.717, 1.165) is 22.8 Å². The second kappa shape index (κ2) is 5.83. The van der Waals surface area contributed by atoms with Crippen molar-refractivity contribution in [3.63, 3.8) is 0 Å². The Labute approximate surface area is 112 Å². The van der Waals surface area contributed by atoms with Crippen LogP contribution < -0.4 is 5.32 Å². The van der Waals surface area contributed by atoms with Crippen molar-refractivity contribution in [2.24, 2.45) is 5.92 Å². The predicted octanol–water partition coefficient (Wildman–Crippen LogP) is 2.91. The Morgan fingerprint density at radius 1 is 1.59 bits per heavy atom. The molecule has 0 radical (unpaired) electrons. The lowest BCUT2D eigenvalue weighted by atomic mass is 10.1. The summed E-state index contributed by atoms with van der Waals surface area (Å²) >= 11 is 3.55. The van der Waals surface area contributed by atoms with Crippen LogP contribution in [-0.4, -0.2) is 36.1 Å². The highest BCUT2D eigenvalue weighted by molar-refractivity contribution is 9.10. The van der Waals surface area contributed by atoms with Crippen molar-refractivity contribution in [1.82, 2.24) is 9.88 Å². The highest BCUT2D eigenvalue weighted by Gasteiger charge is 2.20. The summed E-state index contributed by atoms with van der Waals surface area (Å²) in [6.07, 6.45) is 3.20. The molecule has 2 rings (SSSR count). The average molecular weight is 298 g/mol. The highest BCUT2D eigenvalue weighted by Crippen LogP contribution is 2.22. The maximum absolute atomic E-state index is 4.41. The van der Waals surface area contributed by atoms with Crippen molar-refractivity contribution >= 4 is 21.7 Å². The van der Waals surface area contributed by atoms with E-state index in [2.05, 4.69) is 51.0 Å². The molecular weight excluding hydrogens is 278 g/mol. The number of nitrogens with zero attached hydrogens (tertiary/aromatic N) is 2. The number of nitrogens with one attached hydrogen (secondary N) is 1. The van der Waals surface area contributed by atoms with Gasteiger partial charge >= 0.3 is 0 Å². The Bertz CT molecular complexity index is 381. The van der Waals surface area contributed by atoms with E-state index in [1.165, 1.54) is 31.6 Å². The smallest absolute Gasteiger partial charge is 0.140 e. The molecule has 0 saturated carbocycles. The Hall–Kier alpha value is -0.610. The molecule has 1 atom stereocenters. The lowest BCUT2D eigenvalue weighted by Crippen LogP contribution is -2.22. The first-order chi connectivity index (χ1) is 8.19. The Morgan fingerprint density at radius 2 is 2.41 bits per heavy atom. The molecule has 2 heterocycles. The Kier molecular flexibility index (Phi) is 4.40. The number of hydrogen-bond acceptors (Lipinski definition) is 3. The van der Waals surface area contributed by atoms with Crippen LogP contribution in [0.4, 0.5) is 5.82 Å². The molecule has 1 fully saturated rings. The van der Waals surface area contributed by atoms with Crippen LogP contribution >= 0.6 is 15.9 Å². The first-order valence-electron chi connectivity index (χ1n) is 6.27. The number of anilines is 1. The van der Waals surface area contributed by atoms with Crippen molar-refractivity contribution < 1.29 is 0 Å². The number of aromatic nitrogens is 1.